The van der Waals surface area contributed by atoms with Gasteiger partial charge in [-0.15, -0.1) is 0 Å². The number of rotatable bonds is 4. The number of benzene rings is 2. The van der Waals surface area contributed by atoms with Crippen molar-refractivity contribution in [3.63, 3.8) is 0 Å². The van der Waals surface area contributed by atoms with Crippen LogP contribution >= 0.6 is 0 Å². The van der Waals surface area contributed by atoms with E-state index in [1.54, 1.807) is 20.8 Å². The summed E-state index contributed by atoms with van der Waals surface area (Å²) in [5, 5.41) is 0. The van der Waals surface area contributed by atoms with Crippen LogP contribution in [0.1, 0.15) is 54.6 Å². The predicted molar refractivity (Wildman–Crippen MR) is 118 cm³/mol. The van der Waals surface area contributed by atoms with Crippen molar-refractivity contribution in [2.24, 2.45) is 0 Å². The highest BCUT2D eigenvalue weighted by molar-refractivity contribution is 5.84. The van der Waals surface area contributed by atoms with Crippen LogP contribution in [-0.2, 0) is 27.3 Å². The van der Waals surface area contributed by atoms with Gasteiger partial charge in [-0.05, 0) is 81.0 Å². The number of aryl methyl sites for hydroxylation is 2. The van der Waals surface area contributed by atoms with E-state index in [9.17, 15) is 9.59 Å². The van der Waals surface area contributed by atoms with Crippen LogP contribution in [0.15, 0.2) is 36.4 Å². The van der Waals surface area contributed by atoms with E-state index in [-0.39, 0.29) is 0 Å². The number of fused-ring (bicyclic) bond motifs is 1. The summed E-state index contributed by atoms with van der Waals surface area (Å²) < 4.78 is 16.5. The Bertz CT molecular complexity index is 976. The fourth-order valence-electron chi connectivity index (χ4n) is 3.64. The SMILES string of the molecule is COC(=O)C1c2ccc(OCc3ccc(C)c(C)c3)cc2CCN1C(=O)OC(C)(C)C. The second-order valence-electron chi connectivity index (χ2n) is 8.92. The van der Waals surface area contributed by atoms with Gasteiger partial charge < -0.3 is 14.2 Å². The molecule has 31 heavy (non-hydrogen) atoms. The molecule has 0 spiro atoms. The monoisotopic (exact) mass is 425 g/mol. The molecule has 0 aliphatic carbocycles. The number of carbonyl (C=O) groups is 2. The minimum atomic E-state index is -0.836. The topological polar surface area (TPSA) is 65.1 Å². The van der Waals surface area contributed by atoms with Gasteiger partial charge in [-0.3, -0.25) is 4.90 Å². The summed E-state index contributed by atoms with van der Waals surface area (Å²) >= 11 is 0. The zero-order valence-electron chi connectivity index (χ0n) is 19.2. The molecule has 1 unspecified atom stereocenters. The van der Waals surface area contributed by atoms with Crippen molar-refractivity contribution < 1.29 is 23.8 Å². The maximum atomic E-state index is 12.7. The van der Waals surface area contributed by atoms with Crippen molar-refractivity contribution in [3.8, 4) is 5.75 Å². The molecule has 1 aliphatic heterocycles. The Balaban J connectivity index is 1.81. The van der Waals surface area contributed by atoms with Crippen LogP contribution in [0.5, 0.6) is 5.75 Å². The van der Waals surface area contributed by atoms with Gasteiger partial charge in [0.15, 0.2) is 6.04 Å². The van der Waals surface area contributed by atoms with Gasteiger partial charge in [-0.25, -0.2) is 9.59 Å². The highest BCUT2D eigenvalue weighted by Gasteiger charge is 2.39. The lowest BCUT2D eigenvalue weighted by Gasteiger charge is -2.36. The summed E-state index contributed by atoms with van der Waals surface area (Å²) in [6.07, 6.45) is 0.0757. The molecule has 0 fully saturated rings. The van der Waals surface area contributed by atoms with Crippen LogP contribution in [0.4, 0.5) is 4.79 Å². The van der Waals surface area contributed by atoms with E-state index in [1.165, 1.54) is 23.1 Å². The molecular weight excluding hydrogens is 394 g/mol. The first-order valence-electron chi connectivity index (χ1n) is 10.5. The molecule has 166 valence electrons. The smallest absolute Gasteiger partial charge is 0.411 e. The average Bonchev–Trinajstić information content (AvgIpc) is 2.71. The third-order valence-electron chi connectivity index (χ3n) is 5.37. The summed E-state index contributed by atoms with van der Waals surface area (Å²) in [7, 11) is 1.32. The van der Waals surface area contributed by atoms with Crippen LogP contribution in [-0.4, -0.2) is 36.2 Å². The summed E-state index contributed by atoms with van der Waals surface area (Å²) in [6.45, 7) is 10.4. The molecule has 0 saturated carbocycles. The van der Waals surface area contributed by atoms with Gasteiger partial charge in [-0.1, -0.05) is 24.3 Å². The Hall–Kier alpha value is -3.02. The molecule has 0 radical (unpaired) electrons. The van der Waals surface area contributed by atoms with Gasteiger partial charge >= 0.3 is 12.1 Å². The fourth-order valence-corrected chi connectivity index (χ4v) is 3.64. The third-order valence-corrected chi connectivity index (χ3v) is 5.37. The lowest BCUT2D eigenvalue weighted by molar-refractivity contribution is -0.147. The Labute approximate surface area is 184 Å². The molecule has 2 aromatic carbocycles. The Kier molecular flexibility index (Phi) is 6.58. The van der Waals surface area contributed by atoms with Crippen molar-refractivity contribution in [2.75, 3.05) is 13.7 Å². The second kappa shape index (κ2) is 9.00. The van der Waals surface area contributed by atoms with Crippen molar-refractivity contribution in [2.45, 2.75) is 59.3 Å². The third kappa shape index (κ3) is 5.37. The number of amides is 1. The van der Waals surface area contributed by atoms with Gasteiger partial charge in [0.25, 0.3) is 0 Å². The highest BCUT2D eigenvalue weighted by Crippen LogP contribution is 2.34. The van der Waals surface area contributed by atoms with Crippen molar-refractivity contribution in [3.05, 3.63) is 64.2 Å². The Morgan fingerprint density at radius 1 is 1.06 bits per heavy atom. The van der Waals surface area contributed by atoms with E-state index in [1.807, 2.05) is 18.2 Å². The molecule has 0 bridgehead atoms. The molecule has 1 aliphatic rings. The highest BCUT2D eigenvalue weighted by atomic mass is 16.6. The maximum Gasteiger partial charge on any atom is 0.411 e. The minimum Gasteiger partial charge on any atom is -0.489 e. The number of hydrogen-bond acceptors (Lipinski definition) is 5. The summed E-state index contributed by atoms with van der Waals surface area (Å²) in [5.41, 5.74) is 4.64. The number of nitrogens with zero attached hydrogens (tertiary/aromatic N) is 1. The van der Waals surface area contributed by atoms with Crippen LogP contribution in [0.3, 0.4) is 0 Å². The number of methoxy groups -OCH3 is 1. The Morgan fingerprint density at radius 2 is 1.81 bits per heavy atom. The number of ether oxygens (including phenoxy) is 3. The summed E-state index contributed by atoms with van der Waals surface area (Å²) in [6, 6.07) is 11.0. The van der Waals surface area contributed by atoms with Crippen LogP contribution < -0.4 is 4.74 Å². The normalized spacial score (nSPS) is 15.8. The van der Waals surface area contributed by atoms with E-state index >= 15 is 0 Å². The van der Waals surface area contributed by atoms with Gasteiger partial charge in [0.1, 0.15) is 18.0 Å². The molecule has 0 aromatic heterocycles. The number of carbonyl (C=O) groups excluding carboxylic acids is 2. The van der Waals surface area contributed by atoms with Crippen molar-refractivity contribution in [1.82, 2.24) is 4.90 Å². The second-order valence-corrected chi connectivity index (χ2v) is 8.92. The quantitative estimate of drug-likeness (QED) is 0.653. The standard InChI is InChI=1S/C25H31NO5/c1-16-7-8-18(13-17(16)2)15-30-20-9-10-21-19(14-20)11-12-26(22(21)23(27)29-6)24(28)31-25(3,4)5/h7-10,13-14,22H,11-12,15H2,1-6H3. The molecule has 1 heterocycles. The lowest BCUT2D eigenvalue weighted by Crippen LogP contribution is -2.46. The van der Waals surface area contributed by atoms with E-state index < -0.39 is 23.7 Å². The molecule has 6 heteroatoms. The molecule has 2 aromatic rings. The van der Waals surface area contributed by atoms with Crippen LogP contribution in [0, 0.1) is 13.8 Å². The van der Waals surface area contributed by atoms with Gasteiger partial charge in [0.05, 0.1) is 7.11 Å². The molecule has 6 nitrogen and oxygen atoms in total. The van der Waals surface area contributed by atoms with Gasteiger partial charge in [0, 0.05) is 6.54 Å². The molecule has 1 amide bonds. The lowest BCUT2D eigenvalue weighted by atomic mass is 9.92. The van der Waals surface area contributed by atoms with Crippen molar-refractivity contribution in [1.29, 1.82) is 0 Å². The van der Waals surface area contributed by atoms with Crippen molar-refractivity contribution >= 4 is 12.1 Å². The zero-order valence-corrected chi connectivity index (χ0v) is 19.2. The van der Waals surface area contributed by atoms with Gasteiger partial charge in [-0.2, -0.15) is 0 Å². The first kappa shape index (κ1) is 22.7. The molecule has 1 atom stereocenters. The first-order valence-corrected chi connectivity index (χ1v) is 10.5. The van der Waals surface area contributed by atoms with Gasteiger partial charge in [0.2, 0.25) is 0 Å². The number of esters is 1. The summed E-state index contributed by atoms with van der Waals surface area (Å²) in [4.78, 5) is 26.7. The van der Waals surface area contributed by atoms with E-state index in [0.29, 0.717) is 19.6 Å². The predicted octanol–water partition coefficient (Wildman–Crippen LogP) is 4.89. The zero-order chi connectivity index (χ0) is 22.8. The molecular formula is C25H31NO5. The van der Waals surface area contributed by atoms with E-state index in [2.05, 4.69) is 32.0 Å². The molecule has 0 N–H and O–H groups in total. The fraction of sp³-hybridized carbons (Fsp3) is 0.440. The van der Waals surface area contributed by atoms with E-state index in [4.69, 9.17) is 14.2 Å². The Morgan fingerprint density at radius 3 is 2.45 bits per heavy atom. The number of hydrogen-bond donors (Lipinski definition) is 0. The largest absolute Gasteiger partial charge is 0.489 e. The average molecular weight is 426 g/mol. The maximum absolute atomic E-state index is 12.7. The molecule has 3 rings (SSSR count). The molecule has 0 saturated heterocycles. The summed E-state index contributed by atoms with van der Waals surface area (Å²) in [5.74, 6) is 0.238. The minimum absolute atomic E-state index is 0.363. The first-order chi connectivity index (χ1) is 14.6. The van der Waals surface area contributed by atoms with Crippen LogP contribution in [0.2, 0.25) is 0 Å². The van der Waals surface area contributed by atoms with Crippen LogP contribution in [0.25, 0.3) is 0 Å². The van der Waals surface area contributed by atoms with E-state index in [0.717, 1.165) is 22.4 Å².